The van der Waals surface area contributed by atoms with Crippen LogP contribution in [0.4, 0.5) is 20.2 Å². The second-order valence-corrected chi connectivity index (χ2v) is 5.43. The zero-order valence-corrected chi connectivity index (χ0v) is 12.0. The first kappa shape index (κ1) is 15.0. The van der Waals surface area contributed by atoms with E-state index in [1.165, 1.54) is 0 Å². The predicted molar refractivity (Wildman–Crippen MR) is 76.7 cm³/mol. The van der Waals surface area contributed by atoms with Crippen LogP contribution in [-0.2, 0) is 4.74 Å². The molecule has 1 atom stereocenters. The zero-order valence-electron chi connectivity index (χ0n) is 12.0. The van der Waals surface area contributed by atoms with Gasteiger partial charge in [0.05, 0.1) is 5.60 Å². The van der Waals surface area contributed by atoms with Gasteiger partial charge in [0.15, 0.2) is 11.6 Å². The molecular formula is C15H22F2N2O. The molecule has 0 radical (unpaired) electrons. The fourth-order valence-corrected chi connectivity index (χ4v) is 2.83. The molecule has 0 aromatic heterocycles. The quantitative estimate of drug-likeness (QED) is 0.829. The third-order valence-electron chi connectivity index (χ3n) is 4.19. The minimum absolute atomic E-state index is 0.0104. The molecule has 0 amide bonds. The number of benzene rings is 1. The summed E-state index contributed by atoms with van der Waals surface area (Å²) in [5.74, 6) is -1.29. The van der Waals surface area contributed by atoms with Gasteiger partial charge >= 0.3 is 0 Å². The number of hydrogen-bond acceptors (Lipinski definition) is 3. The smallest absolute Gasteiger partial charge is 0.151 e. The number of ether oxygens (including phenoxy) is 1. The van der Waals surface area contributed by atoms with Crippen LogP contribution in [0.3, 0.4) is 0 Å². The molecule has 1 aromatic carbocycles. The highest BCUT2D eigenvalue weighted by Gasteiger charge is 2.35. The van der Waals surface area contributed by atoms with E-state index in [2.05, 4.69) is 19.2 Å². The number of rotatable bonds is 4. The second-order valence-electron chi connectivity index (χ2n) is 5.43. The molecule has 1 fully saturated rings. The van der Waals surface area contributed by atoms with E-state index < -0.39 is 11.6 Å². The van der Waals surface area contributed by atoms with Gasteiger partial charge < -0.3 is 15.8 Å². The standard InChI is InChI=1S/C15H22F2N2O/c1-3-15(4-2)9-11(5-6-20-15)19-14-12(16)7-10(18)8-13(14)17/h7-8,11,19H,3-6,9,18H2,1-2H3. The summed E-state index contributed by atoms with van der Waals surface area (Å²) < 4.78 is 33.5. The average molecular weight is 284 g/mol. The van der Waals surface area contributed by atoms with Gasteiger partial charge in [0.2, 0.25) is 0 Å². The van der Waals surface area contributed by atoms with Gasteiger partial charge in [-0.1, -0.05) is 13.8 Å². The first-order valence-corrected chi connectivity index (χ1v) is 7.14. The molecule has 1 aromatic rings. The maximum absolute atomic E-state index is 13.8. The topological polar surface area (TPSA) is 47.3 Å². The van der Waals surface area contributed by atoms with Crippen molar-refractivity contribution in [1.29, 1.82) is 0 Å². The van der Waals surface area contributed by atoms with Crippen LogP contribution in [0.5, 0.6) is 0 Å². The Morgan fingerprint density at radius 2 is 1.90 bits per heavy atom. The largest absolute Gasteiger partial charge is 0.399 e. The van der Waals surface area contributed by atoms with Gasteiger partial charge in [-0.2, -0.15) is 0 Å². The fourth-order valence-electron chi connectivity index (χ4n) is 2.83. The lowest BCUT2D eigenvalue weighted by molar-refractivity contribution is -0.0865. The summed E-state index contributed by atoms with van der Waals surface area (Å²) in [6.45, 7) is 4.77. The maximum Gasteiger partial charge on any atom is 0.151 e. The highest BCUT2D eigenvalue weighted by Crippen LogP contribution is 2.33. The number of nitrogens with two attached hydrogens (primary N) is 1. The minimum atomic E-state index is -0.646. The minimum Gasteiger partial charge on any atom is -0.399 e. The monoisotopic (exact) mass is 284 g/mol. The molecule has 0 spiro atoms. The summed E-state index contributed by atoms with van der Waals surface area (Å²) >= 11 is 0. The maximum atomic E-state index is 13.8. The van der Waals surface area contributed by atoms with Crippen molar-refractivity contribution in [2.24, 2.45) is 0 Å². The molecule has 1 saturated heterocycles. The lowest BCUT2D eigenvalue weighted by atomic mass is 9.86. The lowest BCUT2D eigenvalue weighted by Gasteiger charge is -2.40. The van der Waals surface area contributed by atoms with Crippen molar-refractivity contribution in [3.8, 4) is 0 Å². The van der Waals surface area contributed by atoms with Crippen LogP contribution in [0, 0.1) is 11.6 Å². The number of anilines is 2. The highest BCUT2D eigenvalue weighted by molar-refractivity contribution is 5.54. The van der Waals surface area contributed by atoms with Crippen molar-refractivity contribution in [2.75, 3.05) is 17.7 Å². The van der Waals surface area contributed by atoms with E-state index in [0.29, 0.717) is 6.61 Å². The average Bonchev–Trinajstić information content (AvgIpc) is 2.43. The molecule has 1 aliphatic heterocycles. The number of nitrogens with one attached hydrogen (secondary N) is 1. The molecular weight excluding hydrogens is 262 g/mol. The summed E-state index contributed by atoms with van der Waals surface area (Å²) in [7, 11) is 0. The van der Waals surface area contributed by atoms with Gasteiger partial charge in [-0.3, -0.25) is 0 Å². The van der Waals surface area contributed by atoms with E-state index in [-0.39, 0.29) is 23.0 Å². The molecule has 1 heterocycles. The zero-order chi connectivity index (χ0) is 14.8. The highest BCUT2D eigenvalue weighted by atomic mass is 19.1. The Kier molecular flexibility index (Phi) is 4.48. The third kappa shape index (κ3) is 3.03. The third-order valence-corrected chi connectivity index (χ3v) is 4.19. The van der Waals surface area contributed by atoms with E-state index in [1.807, 2.05) is 0 Å². The van der Waals surface area contributed by atoms with E-state index in [0.717, 1.165) is 37.8 Å². The van der Waals surface area contributed by atoms with Crippen molar-refractivity contribution in [2.45, 2.75) is 51.2 Å². The molecule has 5 heteroatoms. The predicted octanol–water partition coefficient (Wildman–Crippen LogP) is 3.70. The van der Waals surface area contributed by atoms with Crippen LogP contribution < -0.4 is 11.1 Å². The molecule has 2 rings (SSSR count). The Morgan fingerprint density at radius 3 is 2.45 bits per heavy atom. The molecule has 20 heavy (non-hydrogen) atoms. The SMILES string of the molecule is CCC1(CC)CC(Nc2c(F)cc(N)cc2F)CCO1. The van der Waals surface area contributed by atoms with Gasteiger partial charge in [-0.25, -0.2) is 8.78 Å². The normalized spacial score (nSPS) is 21.7. The molecule has 0 bridgehead atoms. The van der Waals surface area contributed by atoms with E-state index in [9.17, 15) is 8.78 Å². The molecule has 1 aliphatic rings. The molecule has 0 saturated carbocycles. The van der Waals surface area contributed by atoms with Crippen molar-refractivity contribution in [3.05, 3.63) is 23.8 Å². The Bertz CT molecular complexity index is 452. The van der Waals surface area contributed by atoms with Gasteiger partial charge in [0.1, 0.15) is 5.69 Å². The van der Waals surface area contributed by atoms with Crippen LogP contribution in [0.25, 0.3) is 0 Å². The van der Waals surface area contributed by atoms with Crippen molar-refractivity contribution in [1.82, 2.24) is 0 Å². The van der Waals surface area contributed by atoms with E-state index in [1.54, 1.807) is 0 Å². The fraction of sp³-hybridized carbons (Fsp3) is 0.600. The summed E-state index contributed by atoms with van der Waals surface area (Å²) in [5, 5.41) is 2.98. The first-order chi connectivity index (χ1) is 9.49. The lowest BCUT2D eigenvalue weighted by Crippen LogP contribution is -2.43. The number of halogens is 2. The summed E-state index contributed by atoms with van der Waals surface area (Å²) in [6, 6.07) is 2.28. The van der Waals surface area contributed by atoms with Crippen LogP contribution >= 0.6 is 0 Å². The first-order valence-electron chi connectivity index (χ1n) is 7.14. The number of hydrogen-bond donors (Lipinski definition) is 2. The molecule has 0 aliphatic carbocycles. The van der Waals surface area contributed by atoms with Gasteiger partial charge in [0.25, 0.3) is 0 Å². The Labute approximate surface area is 118 Å². The van der Waals surface area contributed by atoms with E-state index in [4.69, 9.17) is 10.5 Å². The summed E-state index contributed by atoms with van der Waals surface area (Å²) in [6.07, 6.45) is 3.29. The number of nitrogen functional groups attached to an aromatic ring is 1. The van der Waals surface area contributed by atoms with Gasteiger partial charge in [-0.15, -0.1) is 0 Å². The summed E-state index contributed by atoms with van der Waals surface area (Å²) in [4.78, 5) is 0. The van der Waals surface area contributed by atoms with Crippen LogP contribution in [0.1, 0.15) is 39.5 Å². The second kappa shape index (κ2) is 5.95. The van der Waals surface area contributed by atoms with Gasteiger partial charge in [0, 0.05) is 18.3 Å². The Morgan fingerprint density at radius 1 is 1.30 bits per heavy atom. The Hall–Kier alpha value is -1.36. The van der Waals surface area contributed by atoms with Crippen LogP contribution in [0.15, 0.2) is 12.1 Å². The molecule has 1 unspecified atom stereocenters. The van der Waals surface area contributed by atoms with Crippen molar-refractivity contribution in [3.63, 3.8) is 0 Å². The van der Waals surface area contributed by atoms with Gasteiger partial charge in [-0.05, 0) is 37.8 Å². The van der Waals surface area contributed by atoms with Crippen molar-refractivity contribution < 1.29 is 13.5 Å². The molecule has 3 nitrogen and oxygen atoms in total. The molecule has 3 N–H and O–H groups in total. The summed E-state index contributed by atoms with van der Waals surface area (Å²) in [5.41, 5.74) is 5.24. The van der Waals surface area contributed by atoms with Crippen molar-refractivity contribution >= 4 is 11.4 Å². The van der Waals surface area contributed by atoms with Crippen LogP contribution in [-0.4, -0.2) is 18.2 Å². The van der Waals surface area contributed by atoms with Crippen LogP contribution in [0.2, 0.25) is 0 Å². The Balaban J connectivity index is 2.14. The molecule has 112 valence electrons. The van der Waals surface area contributed by atoms with E-state index >= 15 is 0 Å².